The van der Waals surface area contributed by atoms with Crippen LogP contribution in [0.3, 0.4) is 0 Å². The second kappa shape index (κ2) is 7.85. The van der Waals surface area contributed by atoms with E-state index in [0.29, 0.717) is 35.2 Å². The number of nitrogens with zero attached hydrogens (tertiary/aromatic N) is 1. The van der Waals surface area contributed by atoms with Gasteiger partial charge in [-0.2, -0.15) is 0 Å². The maximum absolute atomic E-state index is 13.6. The number of carbonyl (C=O) groups excluding carboxylic acids is 3. The number of Topliss-reactive ketones (excluding diaryl/α,β-unsaturated/α-hetero) is 1. The zero-order valence-corrected chi connectivity index (χ0v) is 18.7. The van der Waals surface area contributed by atoms with Crippen molar-refractivity contribution >= 4 is 23.3 Å². The molecule has 0 radical (unpaired) electrons. The Hall–Kier alpha value is -3.00. The van der Waals surface area contributed by atoms with Gasteiger partial charge in [0.2, 0.25) is 0 Å². The van der Waals surface area contributed by atoms with Gasteiger partial charge in [-0.25, -0.2) is 4.39 Å². The number of hydrogen-bond acceptors (Lipinski definition) is 4. The normalized spacial score (nSPS) is 22.2. The fourth-order valence-corrected chi connectivity index (χ4v) is 4.73. The molecule has 2 aromatic rings. The third-order valence-electron chi connectivity index (χ3n) is 6.50. The number of halogens is 1. The molecule has 2 aliphatic carbocycles. The minimum atomic E-state index is -0.744. The van der Waals surface area contributed by atoms with Crippen LogP contribution < -0.4 is 10.6 Å². The van der Waals surface area contributed by atoms with Crippen molar-refractivity contribution in [2.75, 3.05) is 5.32 Å². The topological polar surface area (TPSA) is 100 Å². The number of aliphatic hydroxyl groups is 1. The average molecular weight is 442 g/mol. The fraction of sp³-hybridized carbons (Fsp3) is 0.458. The summed E-state index contributed by atoms with van der Waals surface area (Å²) in [4.78, 5) is 39.0. The molecule has 8 heteroatoms. The Bertz CT molecular complexity index is 1130. The van der Waals surface area contributed by atoms with Crippen LogP contribution in [0.15, 0.2) is 18.2 Å². The Balaban J connectivity index is 1.64. The SMILES string of the molecule is Cc1cc(NC(=O)c2c(C)c(C(=O)C(=O)NC3(C)CC(O)C3)n(C)c2C2CC2)ccc1F. The number of carbonyl (C=O) groups is 3. The number of aryl methyl sites for hydroxylation is 1. The number of ketones is 1. The third-order valence-corrected chi connectivity index (χ3v) is 6.50. The fourth-order valence-electron chi connectivity index (χ4n) is 4.73. The Kier molecular flexibility index (Phi) is 5.45. The molecule has 4 rings (SSSR count). The van der Waals surface area contributed by atoms with Gasteiger partial charge in [-0.15, -0.1) is 0 Å². The molecular formula is C24H28FN3O4. The van der Waals surface area contributed by atoms with Gasteiger partial charge in [0.25, 0.3) is 17.6 Å². The Labute approximate surface area is 186 Å². The molecule has 0 saturated heterocycles. The van der Waals surface area contributed by atoms with Crippen LogP contribution in [0.25, 0.3) is 0 Å². The summed E-state index contributed by atoms with van der Waals surface area (Å²) in [5, 5.41) is 15.1. The first-order valence-electron chi connectivity index (χ1n) is 10.8. The molecule has 0 bridgehead atoms. The van der Waals surface area contributed by atoms with E-state index in [4.69, 9.17) is 0 Å². The van der Waals surface area contributed by atoms with Gasteiger partial charge in [0.1, 0.15) is 5.82 Å². The number of nitrogens with one attached hydrogen (secondary N) is 2. The van der Waals surface area contributed by atoms with Crippen molar-refractivity contribution in [1.82, 2.24) is 9.88 Å². The lowest BCUT2D eigenvalue weighted by Crippen LogP contribution is -2.58. The highest BCUT2D eigenvalue weighted by Crippen LogP contribution is 2.44. The molecule has 0 aliphatic heterocycles. The molecule has 32 heavy (non-hydrogen) atoms. The molecule has 1 aromatic heterocycles. The summed E-state index contributed by atoms with van der Waals surface area (Å²) >= 11 is 0. The van der Waals surface area contributed by atoms with Crippen molar-refractivity contribution in [1.29, 1.82) is 0 Å². The average Bonchev–Trinajstić information content (AvgIpc) is 3.48. The Morgan fingerprint density at radius 1 is 1.19 bits per heavy atom. The number of rotatable bonds is 6. The maximum atomic E-state index is 13.6. The lowest BCUT2D eigenvalue weighted by Gasteiger charge is -2.42. The largest absolute Gasteiger partial charge is 0.393 e. The van der Waals surface area contributed by atoms with E-state index in [-0.39, 0.29) is 23.3 Å². The van der Waals surface area contributed by atoms with Crippen LogP contribution >= 0.6 is 0 Å². The number of amides is 2. The number of anilines is 1. The highest BCUT2D eigenvalue weighted by atomic mass is 19.1. The lowest BCUT2D eigenvalue weighted by atomic mass is 9.76. The van der Waals surface area contributed by atoms with E-state index >= 15 is 0 Å². The third kappa shape index (κ3) is 3.95. The van der Waals surface area contributed by atoms with Crippen molar-refractivity contribution in [2.24, 2.45) is 7.05 Å². The molecule has 0 spiro atoms. The standard InChI is InChI=1S/C24H28FN3O4/c1-12-9-15(7-8-17(12)25)26-22(31)18-13(2)19(28(4)20(18)14-5-6-14)21(30)23(32)27-24(3)10-16(29)11-24/h7-9,14,16,29H,5-6,10-11H2,1-4H3,(H,26,31)(H,27,32). The zero-order valence-electron chi connectivity index (χ0n) is 18.7. The number of hydrogen-bond donors (Lipinski definition) is 3. The first-order valence-corrected chi connectivity index (χ1v) is 10.8. The van der Waals surface area contributed by atoms with E-state index in [1.54, 1.807) is 38.5 Å². The van der Waals surface area contributed by atoms with Gasteiger partial charge in [-0.05, 0) is 75.8 Å². The van der Waals surface area contributed by atoms with Crippen LogP contribution in [-0.4, -0.2) is 38.9 Å². The minimum absolute atomic E-state index is 0.151. The lowest BCUT2D eigenvalue weighted by molar-refractivity contribution is -0.121. The van der Waals surface area contributed by atoms with Crippen LogP contribution in [0.5, 0.6) is 0 Å². The molecule has 2 saturated carbocycles. The highest BCUT2D eigenvalue weighted by Gasteiger charge is 2.43. The van der Waals surface area contributed by atoms with Gasteiger partial charge in [0.15, 0.2) is 0 Å². The summed E-state index contributed by atoms with van der Waals surface area (Å²) in [5.74, 6) is -2.04. The van der Waals surface area contributed by atoms with E-state index in [9.17, 15) is 23.9 Å². The Morgan fingerprint density at radius 2 is 1.84 bits per heavy atom. The first-order chi connectivity index (χ1) is 15.0. The van der Waals surface area contributed by atoms with E-state index in [2.05, 4.69) is 10.6 Å². The van der Waals surface area contributed by atoms with Gasteiger partial charge in [0, 0.05) is 29.9 Å². The zero-order chi connectivity index (χ0) is 23.4. The minimum Gasteiger partial charge on any atom is -0.393 e. The van der Waals surface area contributed by atoms with E-state index in [1.165, 1.54) is 12.1 Å². The molecule has 0 atom stereocenters. The van der Waals surface area contributed by atoms with E-state index in [0.717, 1.165) is 18.5 Å². The molecule has 170 valence electrons. The van der Waals surface area contributed by atoms with Gasteiger partial charge in [0.05, 0.1) is 17.4 Å². The summed E-state index contributed by atoms with van der Waals surface area (Å²) in [7, 11) is 1.70. The maximum Gasteiger partial charge on any atom is 0.294 e. The molecule has 2 fully saturated rings. The summed E-state index contributed by atoms with van der Waals surface area (Å²) in [6.07, 6.45) is 2.14. The van der Waals surface area contributed by atoms with Crippen molar-refractivity contribution < 1.29 is 23.9 Å². The second-order valence-corrected chi connectivity index (χ2v) is 9.39. The van der Waals surface area contributed by atoms with Crippen molar-refractivity contribution in [3.8, 4) is 0 Å². The number of aliphatic hydroxyl groups excluding tert-OH is 1. The van der Waals surface area contributed by atoms with E-state index < -0.39 is 23.3 Å². The van der Waals surface area contributed by atoms with Gasteiger partial charge in [-0.1, -0.05) is 0 Å². The van der Waals surface area contributed by atoms with Crippen molar-refractivity contribution in [3.63, 3.8) is 0 Å². The highest BCUT2D eigenvalue weighted by molar-refractivity contribution is 6.43. The van der Waals surface area contributed by atoms with Gasteiger partial charge >= 0.3 is 0 Å². The van der Waals surface area contributed by atoms with Crippen LogP contribution in [0, 0.1) is 19.7 Å². The van der Waals surface area contributed by atoms with Crippen molar-refractivity contribution in [2.45, 2.75) is 64.0 Å². The monoisotopic (exact) mass is 441 g/mol. The summed E-state index contributed by atoms with van der Waals surface area (Å²) in [6.45, 7) is 5.08. The molecular weight excluding hydrogens is 413 g/mol. The van der Waals surface area contributed by atoms with Gasteiger partial charge < -0.3 is 20.3 Å². The van der Waals surface area contributed by atoms with Crippen LogP contribution in [0.4, 0.5) is 10.1 Å². The van der Waals surface area contributed by atoms with Gasteiger partial charge in [-0.3, -0.25) is 14.4 Å². The molecule has 2 amide bonds. The molecule has 2 aliphatic rings. The summed E-state index contributed by atoms with van der Waals surface area (Å²) < 4.78 is 15.3. The first kappa shape index (κ1) is 22.2. The number of aromatic nitrogens is 1. The van der Waals surface area contributed by atoms with E-state index in [1.807, 2.05) is 0 Å². The molecule has 1 aromatic carbocycles. The predicted molar refractivity (Wildman–Crippen MR) is 117 cm³/mol. The van der Waals surface area contributed by atoms with Crippen molar-refractivity contribution in [3.05, 3.63) is 52.1 Å². The molecule has 1 heterocycles. The molecule has 3 N–H and O–H groups in total. The van der Waals surface area contributed by atoms with Crippen LogP contribution in [0.2, 0.25) is 0 Å². The second-order valence-electron chi connectivity index (χ2n) is 9.39. The Morgan fingerprint density at radius 3 is 2.41 bits per heavy atom. The quantitative estimate of drug-likeness (QED) is 0.474. The van der Waals surface area contributed by atoms with Crippen LogP contribution in [0.1, 0.15) is 76.2 Å². The predicted octanol–water partition coefficient (Wildman–Crippen LogP) is 3.12. The summed E-state index contributed by atoms with van der Waals surface area (Å²) in [6, 6.07) is 4.33. The molecule has 0 unspecified atom stereocenters. The van der Waals surface area contributed by atoms with Crippen LogP contribution in [-0.2, 0) is 11.8 Å². The molecule has 7 nitrogen and oxygen atoms in total. The summed E-state index contributed by atoms with van der Waals surface area (Å²) in [5.41, 5.74) is 2.03. The smallest absolute Gasteiger partial charge is 0.294 e. The number of benzene rings is 1.